The molecule has 0 aromatic carbocycles. The molecular weight excluding hydrogens is 192 g/mol. The Morgan fingerprint density at radius 1 is 1.53 bits per heavy atom. The zero-order valence-corrected chi connectivity index (χ0v) is 9.68. The highest BCUT2D eigenvalue weighted by Gasteiger charge is 2.25. The Bertz CT molecular complexity index is 217. The van der Waals surface area contributed by atoms with Crippen LogP contribution in [-0.2, 0) is 4.79 Å². The van der Waals surface area contributed by atoms with Gasteiger partial charge in [-0.15, -0.1) is 0 Å². The standard InChI is InChI=1S/C11H22N2O2/c1-3-11(2,6-7-14)12-8-10(15)13-9-4-5-9/h9,12,14H,3-8H2,1-2H3,(H,13,15). The molecule has 0 bridgehead atoms. The lowest BCUT2D eigenvalue weighted by molar-refractivity contribution is -0.120. The van der Waals surface area contributed by atoms with Gasteiger partial charge in [0.2, 0.25) is 5.91 Å². The second kappa shape index (κ2) is 5.47. The van der Waals surface area contributed by atoms with E-state index in [1.165, 1.54) is 0 Å². The molecule has 1 aliphatic rings. The highest BCUT2D eigenvalue weighted by Crippen LogP contribution is 2.18. The lowest BCUT2D eigenvalue weighted by Crippen LogP contribution is -2.47. The highest BCUT2D eigenvalue weighted by molar-refractivity contribution is 5.78. The lowest BCUT2D eigenvalue weighted by Gasteiger charge is -2.28. The number of carbonyl (C=O) groups is 1. The minimum absolute atomic E-state index is 0.0649. The molecule has 88 valence electrons. The van der Waals surface area contributed by atoms with Crippen LogP contribution in [-0.4, -0.2) is 35.7 Å². The quantitative estimate of drug-likeness (QED) is 0.575. The van der Waals surface area contributed by atoms with Gasteiger partial charge < -0.3 is 15.7 Å². The molecule has 0 saturated heterocycles. The van der Waals surface area contributed by atoms with Crippen LogP contribution in [0.1, 0.15) is 39.5 Å². The Labute approximate surface area is 91.4 Å². The Balaban J connectivity index is 2.22. The van der Waals surface area contributed by atoms with Crippen molar-refractivity contribution in [3.63, 3.8) is 0 Å². The van der Waals surface area contributed by atoms with Crippen LogP contribution in [0, 0.1) is 0 Å². The van der Waals surface area contributed by atoms with Gasteiger partial charge in [-0.1, -0.05) is 6.92 Å². The van der Waals surface area contributed by atoms with E-state index in [9.17, 15) is 4.79 Å². The molecule has 1 amide bonds. The SMILES string of the molecule is CCC(C)(CCO)NCC(=O)NC1CC1. The molecule has 15 heavy (non-hydrogen) atoms. The molecule has 4 heteroatoms. The van der Waals surface area contributed by atoms with Gasteiger partial charge in [-0.2, -0.15) is 0 Å². The summed E-state index contributed by atoms with van der Waals surface area (Å²) in [6, 6.07) is 0.421. The zero-order valence-electron chi connectivity index (χ0n) is 9.68. The first-order chi connectivity index (χ1) is 7.09. The van der Waals surface area contributed by atoms with Crippen molar-refractivity contribution in [1.29, 1.82) is 0 Å². The fourth-order valence-corrected chi connectivity index (χ4v) is 1.44. The molecule has 0 radical (unpaired) electrons. The molecule has 1 rings (SSSR count). The van der Waals surface area contributed by atoms with Gasteiger partial charge in [-0.05, 0) is 32.6 Å². The molecule has 0 heterocycles. The smallest absolute Gasteiger partial charge is 0.234 e. The minimum Gasteiger partial charge on any atom is -0.396 e. The van der Waals surface area contributed by atoms with Crippen molar-refractivity contribution in [2.24, 2.45) is 0 Å². The maximum atomic E-state index is 11.4. The van der Waals surface area contributed by atoms with E-state index in [1.807, 2.05) is 6.92 Å². The molecule has 1 atom stereocenters. The van der Waals surface area contributed by atoms with Crippen LogP contribution in [0.4, 0.5) is 0 Å². The Morgan fingerprint density at radius 2 is 2.20 bits per heavy atom. The average Bonchev–Trinajstić information content (AvgIpc) is 2.99. The van der Waals surface area contributed by atoms with Crippen molar-refractivity contribution >= 4 is 5.91 Å². The molecule has 4 nitrogen and oxygen atoms in total. The third-order valence-corrected chi connectivity index (χ3v) is 3.06. The van der Waals surface area contributed by atoms with E-state index < -0.39 is 0 Å². The van der Waals surface area contributed by atoms with E-state index in [1.54, 1.807) is 0 Å². The molecular formula is C11H22N2O2. The summed E-state index contributed by atoms with van der Waals surface area (Å²) in [4.78, 5) is 11.4. The summed E-state index contributed by atoms with van der Waals surface area (Å²) in [6.07, 6.45) is 3.82. The first kappa shape index (κ1) is 12.5. The van der Waals surface area contributed by atoms with Crippen LogP contribution in [0.3, 0.4) is 0 Å². The summed E-state index contributed by atoms with van der Waals surface area (Å²) in [5.74, 6) is 0.0649. The molecule has 1 unspecified atom stereocenters. The number of carbonyl (C=O) groups excluding carboxylic acids is 1. The first-order valence-corrected chi connectivity index (χ1v) is 5.75. The fourth-order valence-electron chi connectivity index (χ4n) is 1.44. The van der Waals surface area contributed by atoms with Crippen LogP contribution in [0.2, 0.25) is 0 Å². The molecule has 1 saturated carbocycles. The Hall–Kier alpha value is -0.610. The minimum atomic E-state index is -0.129. The van der Waals surface area contributed by atoms with E-state index in [2.05, 4.69) is 17.6 Å². The van der Waals surface area contributed by atoms with Gasteiger partial charge in [-0.25, -0.2) is 0 Å². The summed E-state index contributed by atoms with van der Waals surface area (Å²) >= 11 is 0. The van der Waals surface area contributed by atoms with Crippen molar-refractivity contribution < 1.29 is 9.90 Å². The second-order valence-corrected chi connectivity index (χ2v) is 4.58. The van der Waals surface area contributed by atoms with Gasteiger partial charge in [0.05, 0.1) is 6.54 Å². The fraction of sp³-hybridized carbons (Fsp3) is 0.909. The van der Waals surface area contributed by atoms with Gasteiger partial charge in [-0.3, -0.25) is 4.79 Å². The Kier molecular flexibility index (Phi) is 4.54. The first-order valence-electron chi connectivity index (χ1n) is 5.75. The van der Waals surface area contributed by atoms with Crippen molar-refractivity contribution in [2.45, 2.75) is 51.1 Å². The molecule has 1 aliphatic carbocycles. The maximum Gasteiger partial charge on any atom is 0.234 e. The van der Waals surface area contributed by atoms with Crippen molar-refractivity contribution in [3.8, 4) is 0 Å². The third kappa shape index (κ3) is 4.62. The highest BCUT2D eigenvalue weighted by atomic mass is 16.3. The number of aliphatic hydroxyl groups is 1. The number of amides is 1. The van der Waals surface area contributed by atoms with Crippen molar-refractivity contribution in [3.05, 3.63) is 0 Å². The topological polar surface area (TPSA) is 61.4 Å². The number of hydrogen-bond acceptors (Lipinski definition) is 3. The number of rotatable bonds is 7. The van der Waals surface area contributed by atoms with Gasteiger partial charge in [0, 0.05) is 18.2 Å². The normalized spacial score (nSPS) is 19.7. The number of hydrogen-bond donors (Lipinski definition) is 3. The van der Waals surface area contributed by atoms with Crippen LogP contribution >= 0.6 is 0 Å². The maximum absolute atomic E-state index is 11.4. The predicted octanol–water partition coefficient (Wildman–Crippen LogP) is 0.406. The summed E-state index contributed by atoms with van der Waals surface area (Å²) in [7, 11) is 0. The molecule has 3 N–H and O–H groups in total. The number of aliphatic hydroxyl groups excluding tert-OH is 1. The molecule has 0 aliphatic heterocycles. The van der Waals surface area contributed by atoms with Crippen LogP contribution in [0.25, 0.3) is 0 Å². The molecule has 0 aromatic heterocycles. The van der Waals surface area contributed by atoms with Gasteiger partial charge in [0.15, 0.2) is 0 Å². The number of nitrogens with one attached hydrogen (secondary N) is 2. The van der Waals surface area contributed by atoms with E-state index in [4.69, 9.17) is 5.11 Å². The van der Waals surface area contributed by atoms with Crippen LogP contribution < -0.4 is 10.6 Å². The van der Waals surface area contributed by atoms with E-state index >= 15 is 0 Å². The van der Waals surface area contributed by atoms with E-state index in [0.29, 0.717) is 19.0 Å². The summed E-state index contributed by atoms with van der Waals surface area (Å²) < 4.78 is 0. The molecule has 1 fully saturated rings. The molecule has 0 aromatic rings. The van der Waals surface area contributed by atoms with Gasteiger partial charge >= 0.3 is 0 Å². The third-order valence-electron chi connectivity index (χ3n) is 3.06. The zero-order chi connectivity index (χ0) is 11.3. The van der Waals surface area contributed by atoms with Crippen molar-refractivity contribution in [1.82, 2.24) is 10.6 Å². The lowest BCUT2D eigenvalue weighted by atomic mass is 9.95. The second-order valence-electron chi connectivity index (χ2n) is 4.58. The Morgan fingerprint density at radius 3 is 2.67 bits per heavy atom. The van der Waals surface area contributed by atoms with Crippen LogP contribution in [0.15, 0.2) is 0 Å². The van der Waals surface area contributed by atoms with Gasteiger partial charge in [0.25, 0.3) is 0 Å². The summed E-state index contributed by atoms with van der Waals surface area (Å²) in [5.41, 5.74) is -0.129. The summed E-state index contributed by atoms with van der Waals surface area (Å²) in [5, 5.41) is 15.0. The van der Waals surface area contributed by atoms with E-state index in [0.717, 1.165) is 19.3 Å². The van der Waals surface area contributed by atoms with Crippen molar-refractivity contribution in [2.75, 3.05) is 13.2 Å². The van der Waals surface area contributed by atoms with E-state index in [-0.39, 0.29) is 18.1 Å². The summed E-state index contributed by atoms with van der Waals surface area (Å²) in [6.45, 7) is 4.59. The largest absolute Gasteiger partial charge is 0.396 e. The average molecular weight is 214 g/mol. The monoisotopic (exact) mass is 214 g/mol. The molecule has 0 spiro atoms. The van der Waals surface area contributed by atoms with Crippen LogP contribution in [0.5, 0.6) is 0 Å². The van der Waals surface area contributed by atoms with Gasteiger partial charge in [0.1, 0.15) is 0 Å². The predicted molar refractivity (Wildman–Crippen MR) is 59.6 cm³/mol.